The van der Waals surface area contributed by atoms with Gasteiger partial charge in [-0.05, 0) is 42.3 Å². The second-order valence-electron chi connectivity index (χ2n) is 8.08. The molecule has 4 aromatic rings. The molecule has 0 radical (unpaired) electrons. The van der Waals surface area contributed by atoms with Crippen LogP contribution in [0.5, 0.6) is 5.75 Å². The zero-order chi connectivity index (χ0) is 20.0. The van der Waals surface area contributed by atoms with Crippen molar-refractivity contribution in [3.05, 3.63) is 64.0 Å². The van der Waals surface area contributed by atoms with E-state index >= 15 is 0 Å². The summed E-state index contributed by atoms with van der Waals surface area (Å²) in [7, 11) is 1.65. The van der Waals surface area contributed by atoms with Crippen LogP contribution in [0.15, 0.2) is 53.5 Å². The van der Waals surface area contributed by atoms with Crippen LogP contribution in [0.4, 0.5) is 0 Å². The molecule has 29 heavy (non-hydrogen) atoms. The number of thiazole rings is 1. The number of benzene rings is 2. The topological polar surface area (TPSA) is 44.1 Å². The first kappa shape index (κ1) is 18.4. The highest BCUT2D eigenvalue weighted by Gasteiger charge is 2.23. The van der Waals surface area contributed by atoms with Crippen molar-refractivity contribution >= 4 is 32.3 Å². The van der Waals surface area contributed by atoms with Gasteiger partial charge in [0.1, 0.15) is 5.75 Å². The highest BCUT2D eigenvalue weighted by atomic mass is 32.1. The summed E-state index contributed by atoms with van der Waals surface area (Å²) in [5, 5.41) is 2.87. The fourth-order valence-electron chi connectivity index (χ4n) is 4.37. The van der Waals surface area contributed by atoms with Crippen molar-refractivity contribution in [3.8, 4) is 11.4 Å². The van der Waals surface area contributed by atoms with Crippen LogP contribution >= 0.6 is 11.3 Å². The summed E-state index contributed by atoms with van der Waals surface area (Å²) in [6.45, 7) is 2.34. The number of rotatable bonds is 3. The fraction of sp³-hybridized carbons (Fsp3) is 0.333. The monoisotopic (exact) mass is 404 g/mol. The molecule has 148 valence electrons. The summed E-state index contributed by atoms with van der Waals surface area (Å²) in [6.07, 6.45) is 6.83. The van der Waals surface area contributed by atoms with E-state index in [2.05, 4.69) is 13.0 Å². The molecule has 0 amide bonds. The van der Waals surface area contributed by atoms with Gasteiger partial charge in [0.15, 0.2) is 0 Å². The van der Waals surface area contributed by atoms with Crippen molar-refractivity contribution in [1.82, 2.24) is 9.55 Å². The molecule has 5 heteroatoms. The number of fused-ring (bicyclic) bond motifs is 2. The summed E-state index contributed by atoms with van der Waals surface area (Å²) >= 11 is 1.76. The predicted octanol–water partition coefficient (Wildman–Crippen LogP) is 5.90. The molecule has 0 saturated heterocycles. The number of methoxy groups -OCH3 is 1. The molecule has 4 nitrogen and oxygen atoms in total. The molecular weight excluding hydrogens is 380 g/mol. The molecule has 2 heterocycles. The second-order valence-corrected chi connectivity index (χ2v) is 9.14. The maximum atomic E-state index is 13.1. The number of ether oxygens (including phenoxy) is 1. The predicted molar refractivity (Wildman–Crippen MR) is 120 cm³/mol. The number of nitrogens with zero attached hydrogens (tertiary/aromatic N) is 2. The van der Waals surface area contributed by atoms with Crippen molar-refractivity contribution < 1.29 is 4.74 Å². The van der Waals surface area contributed by atoms with Crippen LogP contribution in [0.1, 0.15) is 43.5 Å². The molecule has 0 bridgehead atoms. The van der Waals surface area contributed by atoms with Crippen molar-refractivity contribution in [2.75, 3.05) is 7.11 Å². The lowest BCUT2D eigenvalue weighted by Gasteiger charge is -2.24. The van der Waals surface area contributed by atoms with Crippen LogP contribution in [0.2, 0.25) is 0 Å². The van der Waals surface area contributed by atoms with Crippen LogP contribution in [0.25, 0.3) is 26.7 Å². The first-order valence-corrected chi connectivity index (χ1v) is 11.0. The van der Waals surface area contributed by atoms with E-state index in [1.54, 1.807) is 23.0 Å². The van der Waals surface area contributed by atoms with Gasteiger partial charge in [-0.2, -0.15) is 0 Å². The third-order valence-electron chi connectivity index (χ3n) is 6.14. The van der Waals surface area contributed by atoms with Gasteiger partial charge in [-0.3, -0.25) is 9.36 Å². The van der Waals surface area contributed by atoms with Crippen molar-refractivity contribution in [1.29, 1.82) is 0 Å². The zero-order valence-electron chi connectivity index (χ0n) is 16.7. The molecular formula is C24H24N2O2S. The Morgan fingerprint density at radius 1 is 1.10 bits per heavy atom. The molecule has 1 aliphatic carbocycles. The minimum absolute atomic E-state index is 0.0354. The lowest BCUT2D eigenvalue weighted by Crippen LogP contribution is -2.18. The third kappa shape index (κ3) is 3.23. The van der Waals surface area contributed by atoms with Crippen molar-refractivity contribution in [2.24, 2.45) is 5.92 Å². The lowest BCUT2D eigenvalue weighted by atomic mass is 9.83. The molecule has 2 aromatic heterocycles. The van der Waals surface area contributed by atoms with Gasteiger partial charge >= 0.3 is 0 Å². The molecule has 0 aliphatic heterocycles. The molecule has 1 aliphatic rings. The molecule has 0 spiro atoms. The van der Waals surface area contributed by atoms with Crippen LogP contribution in [-0.2, 0) is 0 Å². The van der Waals surface area contributed by atoms with Gasteiger partial charge in [-0.15, -0.1) is 11.3 Å². The highest BCUT2D eigenvalue weighted by molar-refractivity contribution is 7.18. The maximum Gasteiger partial charge on any atom is 0.263 e. The Bertz CT molecular complexity index is 1250. The number of pyridine rings is 1. The Labute approximate surface area is 173 Å². The summed E-state index contributed by atoms with van der Waals surface area (Å²) in [6, 6.07) is 13.7. The Morgan fingerprint density at radius 2 is 1.90 bits per heavy atom. The molecule has 0 N–H and O–H groups in total. The highest BCUT2D eigenvalue weighted by Crippen LogP contribution is 2.40. The van der Waals surface area contributed by atoms with E-state index in [0.29, 0.717) is 17.1 Å². The molecule has 0 atom stereocenters. The first-order chi connectivity index (χ1) is 14.1. The smallest absolute Gasteiger partial charge is 0.263 e. The number of hydrogen-bond donors (Lipinski definition) is 0. The molecule has 2 aromatic carbocycles. The van der Waals surface area contributed by atoms with E-state index in [-0.39, 0.29) is 5.56 Å². The van der Waals surface area contributed by atoms with Crippen LogP contribution in [0.3, 0.4) is 0 Å². The molecule has 5 rings (SSSR count). The van der Waals surface area contributed by atoms with Crippen LogP contribution in [0, 0.1) is 5.92 Å². The summed E-state index contributed by atoms with van der Waals surface area (Å²) in [5.74, 6) is 2.05. The normalized spacial score (nSPS) is 19.7. The molecule has 0 unspecified atom stereocenters. The van der Waals surface area contributed by atoms with E-state index < -0.39 is 0 Å². The standard InChI is InChI=1S/C24H24N2O2S/c1-15-7-9-17(10-8-15)23-25-19-13-21(28-2)20(14-22(19)29-23)26-12-11-16-5-3-4-6-18(16)24(26)27/h3-6,11-15,17H,7-10H2,1-2H3. The molecule has 1 fully saturated rings. The van der Waals surface area contributed by atoms with Gasteiger partial charge in [0.25, 0.3) is 5.56 Å². The van der Waals surface area contributed by atoms with Gasteiger partial charge in [-0.1, -0.05) is 38.0 Å². The van der Waals surface area contributed by atoms with Crippen molar-refractivity contribution in [2.45, 2.75) is 38.5 Å². The minimum atomic E-state index is -0.0354. The zero-order valence-corrected chi connectivity index (χ0v) is 17.5. The number of hydrogen-bond acceptors (Lipinski definition) is 4. The van der Waals surface area contributed by atoms with Gasteiger partial charge in [0.2, 0.25) is 0 Å². The maximum absolute atomic E-state index is 13.1. The number of aromatic nitrogens is 2. The third-order valence-corrected chi connectivity index (χ3v) is 7.32. The Morgan fingerprint density at radius 3 is 2.69 bits per heavy atom. The average Bonchev–Trinajstić information content (AvgIpc) is 3.17. The first-order valence-electron chi connectivity index (χ1n) is 10.2. The van der Waals surface area contributed by atoms with Gasteiger partial charge in [0, 0.05) is 23.6 Å². The fourth-order valence-corrected chi connectivity index (χ4v) is 5.53. The Balaban J connectivity index is 1.62. The van der Waals surface area contributed by atoms with E-state index in [1.165, 1.54) is 30.7 Å². The van der Waals surface area contributed by atoms with Gasteiger partial charge in [-0.25, -0.2) is 4.98 Å². The minimum Gasteiger partial charge on any atom is -0.494 e. The van der Waals surface area contributed by atoms with E-state index in [4.69, 9.17) is 9.72 Å². The molecule has 1 saturated carbocycles. The SMILES string of the molecule is COc1cc2nc(C3CCC(C)CC3)sc2cc1-n1ccc2ccccc2c1=O. The van der Waals surface area contributed by atoms with Crippen LogP contribution in [-0.4, -0.2) is 16.7 Å². The largest absolute Gasteiger partial charge is 0.494 e. The van der Waals surface area contributed by atoms with Gasteiger partial charge < -0.3 is 4.74 Å². The van der Waals surface area contributed by atoms with Crippen molar-refractivity contribution in [3.63, 3.8) is 0 Å². The quantitative estimate of drug-likeness (QED) is 0.427. The van der Waals surface area contributed by atoms with Gasteiger partial charge in [0.05, 0.1) is 28.0 Å². The van der Waals surface area contributed by atoms with E-state index in [9.17, 15) is 4.79 Å². The lowest BCUT2D eigenvalue weighted by molar-refractivity contribution is 0.347. The van der Waals surface area contributed by atoms with E-state index in [0.717, 1.165) is 27.2 Å². The summed E-state index contributed by atoms with van der Waals surface area (Å²) in [4.78, 5) is 18.0. The van der Waals surface area contributed by atoms with E-state index in [1.807, 2.05) is 42.6 Å². The Hall–Kier alpha value is -2.66. The Kier molecular flexibility index (Phi) is 4.63. The summed E-state index contributed by atoms with van der Waals surface area (Å²) < 4.78 is 8.44. The summed E-state index contributed by atoms with van der Waals surface area (Å²) in [5.41, 5.74) is 1.69. The second kappa shape index (κ2) is 7.30. The average molecular weight is 405 g/mol. The van der Waals surface area contributed by atoms with Crippen LogP contribution < -0.4 is 10.3 Å².